The second-order valence-corrected chi connectivity index (χ2v) is 21.3. The largest absolute Gasteiger partial charge is 0.394 e. The lowest BCUT2D eigenvalue weighted by Crippen LogP contribution is -2.48. The van der Waals surface area contributed by atoms with E-state index in [4.69, 9.17) is 0 Å². The summed E-state index contributed by atoms with van der Waals surface area (Å²) in [6, 6.07) is -0.813. The summed E-state index contributed by atoms with van der Waals surface area (Å²) in [5, 5.41) is 33.4. The van der Waals surface area contributed by atoms with Gasteiger partial charge in [-0.2, -0.15) is 0 Å². The molecule has 0 aliphatic carbocycles. The molecular weight excluding hydrogens is 823 g/mol. The van der Waals surface area contributed by atoms with E-state index in [1.807, 2.05) is 6.08 Å². The molecule has 398 valence electrons. The van der Waals surface area contributed by atoms with Crippen LogP contribution in [0.1, 0.15) is 341 Å². The number of hydrogen-bond donors (Lipinski definition) is 4. The molecule has 0 saturated carbocycles. The molecule has 3 unspecified atom stereocenters. The number of allylic oxidation sites excluding steroid dienone is 3. The van der Waals surface area contributed by atoms with Crippen LogP contribution in [0.15, 0.2) is 24.3 Å². The van der Waals surface area contributed by atoms with Crippen LogP contribution in [-0.4, -0.2) is 46.1 Å². The van der Waals surface area contributed by atoms with Crippen molar-refractivity contribution in [2.24, 2.45) is 0 Å². The lowest BCUT2D eigenvalue weighted by atomic mass is 10.0. The Morgan fingerprint density at radius 3 is 0.910 bits per heavy atom. The third kappa shape index (κ3) is 52.5. The Labute approximate surface area is 420 Å². The number of rotatable bonds is 57. The van der Waals surface area contributed by atoms with Gasteiger partial charge in [0.1, 0.15) is 6.10 Å². The first-order valence-corrected chi connectivity index (χ1v) is 30.7. The lowest BCUT2D eigenvalue weighted by Gasteiger charge is -2.21. The summed E-state index contributed by atoms with van der Waals surface area (Å²) in [4.78, 5) is 12.6. The minimum Gasteiger partial charge on any atom is -0.394 e. The molecule has 0 spiro atoms. The summed E-state index contributed by atoms with van der Waals surface area (Å²) in [6.45, 7) is 4.22. The number of aliphatic hydroxyl groups is 3. The molecule has 0 heterocycles. The number of carbonyl (C=O) groups excluding carboxylic acids is 1. The van der Waals surface area contributed by atoms with Crippen LogP contribution in [0.2, 0.25) is 0 Å². The second-order valence-electron chi connectivity index (χ2n) is 21.3. The fourth-order valence-electron chi connectivity index (χ4n) is 9.79. The van der Waals surface area contributed by atoms with Gasteiger partial charge in [0.15, 0.2) is 0 Å². The Bertz CT molecular complexity index is 998. The molecule has 5 heteroatoms. The van der Waals surface area contributed by atoms with Gasteiger partial charge in [-0.25, -0.2) is 0 Å². The number of hydrogen-bond acceptors (Lipinski definition) is 4. The van der Waals surface area contributed by atoms with E-state index in [1.165, 1.54) is 283 Å². The van der Waals surface area contributed by atoms with Crippen LogP contribution in [-0.2, 0) is 4.79 Å². The molecule has 0 rings (SSSR count). The van der Waals surface area contributed by atoms with Gasteiger partial charge in [0.2, 0.25) is 5.91 Å². The quantitative estimate of drug-likeness (QED) is 0.0361. The SMILES string of the molecule is CCCCCCCCCCCCCCCCCCCC/C=C/CC/C=C/C(O)C(CO)NC(=O)C(O)CCCCCCCCCCCCCCCCCCCCCCCCCCCCCCC. The van der Waals surface area contributed by atoms with Gasteiger partial charge in [0.25, 0.3) is 0 Å². The van der Waals surface area contributed by atoms with Crippen molar-refractivity contribution in [2.45, 2.75) is 360 Å². The number of carbonyl (C=O) groups is 1. The van der Waals surface area contributed by atoms with E-state index in [0.29, 0.717) is 6.42 Å². The predicted molar refractivity (Wildman–Crippen MR) is 296 cm³/mol. The summed E-state index contributed by atoms with van der Waals surface area (Å²) in [6.07, 6.45) is 74.3. The molecule has 1 amide bonds. The van der Waals surface area contributed by atoms with Crippen molar-refractivity contribution in [2.75, 3.05) is 6.61 Å². The summed E-state index contributed by atoms with van der Waals surface area (Å²) in [5.41, 5.74) is 0. The molecule has 3 atom stereocenters. The Morgan fingerprint density at radius 2 is 0.612 bits per heavy atom. The van der Waals surface area contributed by atoms with Crippen molar-refractivity contribution in [3.63, 3.8) is 0 Å². The third-order valence-corrected chi connectivity index (χ3v) is 14.5. The topological polar surface area (TPSA) is 89.8 Å². The van der Waals surface area contributed by atoms with Crippen molar-refractivity contribution in [3.8, 4) is 0 Å². The van der Waals surface area contributed by atoms with Crippen LogP contribution in [0.3, 0.4) is 0 Å². The fraction of sp³-hybridized carbons (Fsp3) is 0.919. The van der Waals surface area contributed by atoms with Crippen molar-refractivity contribution in [1.29, 1.82) is 0 Å². The standard InChI is InChI=1S/C62H121NO4/c1-3-5-7-9-11-13-15-17-19-21-23-25-27-29-30-31-32-33-35-37-39-41-43-45-47-49-51-53-55-57-61(66)62(67)63-59(58-64)60(65)56-54-52-50-48-46-44-42-40-38-36-34-28-26-24-22-20-18-16-14-12-10-8-6-4-2/h46,48,54,56,59-61,64-66H,3-45,47,49-53,55,57-58H2,1-2H3,(H,63,67)/b48-46+,56-54+. The highest BCUT2D eigenvalue weighted by molar-refractivity contribution is 5.80. The van der Waals surface area contributed by atoms with Gasteiger partial charge in [-0.1, -0.05) is 334 Å². The second kappa shape index (κ2) is 57.4. The highest BCUT2D eigenvalue weighted by Gasteiger charge is 2.22. The van der Waals surface area contributed by atoms with Gasteiger partial charge in [0.05, 0.1) is 18.8 Å². The third-order valence-electron chi connectivity index (χ3n) is 14.5. The van der Waals surface area contributed by atoms with Gasteiger partial charge in [-0.05, 0) is 32.1 Å². The number of nitrogens with one attached hydrogen (secondary N) is 1. The number of aliphatic hydroxyl groups excluding tert-OH is 3. The molecule has 67 heavy (non-hydrogen) atoms. The van der Waals surface area contributed by atoms with E-state index in [9.17, 15) is 20.1 Å². The van der Waals surface area contributed by atoms with Crippen molar-refractivity contribution < 1.29 is 20.1 Å². The van der Waals surface area contributed by atoms with E-state index in [-0.39, 0.29) is 6.61 Å². The molecule has 0 aliphatic rings. The number of amides is 1. The van der Waals surface area contributed by atoms with E-state index in [0.717, 1.165) is 38.5 Å². The van der Waals surface area contributed by atoms with Crippen molar-refractivity contribution in [3.05, 3.63) is 24.3 Å². The van der Waals surface area contributed by atoms with Gasteiger partial charge in [-0.15, -0.1) is 0 Å². The Hall–Kier alpha value is -1.17. The van der Waals surface area contributed by atoms with Crippen LogP contribution in [0.4, 0.5) is 0 Å². The van der Waals surface area contributed by atoms with Gasteiger partial charge in [0, 0.05) is 0 Å². The van der Waals surface area contributed by atoms with E-state index < -0.39 is 24.2 Å². The number of unbranched alkanes of at least 4 members (excludes halogenated alkanes) is 47. The maximum atomic E-state index is 12.6. The molecule has 0 aromatic heterocycles. The smallest absolute Gasteiger partial charge is 0.249 e. The molecule has 0 aromatic rings. The van der Waals surface area contributed by atoms with Gasteiger partial charge >= 0.3 is 0 Å². The average Bonchev–Trinajstić information content (AvgIpc) is 3.33. The molecule has 0 bridgehead atoms. The molecule has 0 saturated heterocycles. The molecule has 0 aromatic carbocycles. The Kier molecular flexibility index (Phi) is 56.4. The zero-order valence-corrected chi connectivity index (χ0v) is 45.6. The summed E-state index contributed by atoms with van der Waals surface area (Å²) >= 11 is 0. The molecule has 0 aliphatic heterocycles. The highest BCUT2D eigenvalue weighted by atomic mass is 16.3. The Morgan fingerprint density at radius 1 is 0.358 bits per heavy atom. The van der Waals surface area contributed by atoms with Crippen molar-refractivity contribution in [1.82, 2.24) is 5.32 Å². The summed E-state index contributed by atoms with van der Waals surface area (Å²) < 4.78 is 0. The predicted octanol–water partition coefficient (Wildman–Crippen LogP) is 19.2. The average molecular weight is 945 g/mol. The van der Waals surface area contributed by atoms with E-state index in [1.54, 1.807) is 6.08 Å². The van der Waals surface area contributed by atoms with Crippen LogP contribution in [0.5, 0.6) is 0 Å². The monoisotopic (exact) mass is 944 g/mol. The molecule has 0 fully saturated rings. The van der Waals surface area contributed by atoms with E-state index in [2.05, 4.69) is 31.3 Å². The van der Waals surface area contributed by atoms with Crippen molar-refractivity contribution >= 4 is 5.91 Å². The lowest BCUT2D eigenvalue weighted by molar-refractivity contribution is -0.131. The minimum absolute atomic E-state index is 0.372. The Balaban J connectivity index is 3.54. The maximum absolute atomic E-state index is 12.6. The first-order valence-electron chi connectivity index (χ1n) is 30.7. The van der Waals surface area contributed by atoms with Crippen LogP contribution in [0, 0.1) is 0 Å². The first-order chi connectivity index (χ1) is 33.1. The van der Waals surface area contributed by atoms with Gasteiger partial charge in [-0.3, -0.25) is 4.79 Å². The van der Waals surface area contributed by atoms with Crippen LogP contribution in [0.25, 0.3) is 0 Å². The molecular formula is C62H121NO4. The van der Waals surface area contributed by atoms with E-state index >= 15 is 0 Å². The summed E-state index contributed by atoms with van der Waals surface area (Å²) in [5.74, 6) is -0.505. The zero-order valence-electron chi connectivity index (χ0n) is 45.6. The van der Waals surface area contributed by atoms with Crippen LogP contribution >= 0.6 is 0 Å². The molecule has 4 N–H and O–H groups in total. The van der Waals surface area contributed by atoms with Gasteiger partial charge < -0.3 is 20.6 Å². The zero-order chi connectivity index (χ0) is 48.6. The highest BCUT2D eigenvalue weighted by Crippen LogP contribution is 2.18. The minimum atomic E-state index is -1.10. The first kappa shape index (κ1) is 65.8. The normalized spacial score (nSPS) is 13.3. The molecule has 5 nitrogen and oxygen atoms in total. The summed E-state index contributed by atoms with van der Waals surface area (Å²) in [7, 11) is 0. The molecule has 0 radical (unpaired) electrons. The maximum Gasteiger partial charge on any atom is 0.249 e. The van der Waals surface area contributed by atoms with Crippen LogP contribution < -0.4 is 5.32 Å². The fourth-order valence-corrected chi connectivity index (χ4v) is 9.79.